The molecule has 0 amide bonds. The standard InChI is InChI=1S/C28H55O6PS/c1-5-8-10-12-13-14-15-16-18-20-23-36(32)26(21-19-17-11-9-6-2)25(4)33-24-28(35-31,27(29)30)34-22-7-3/h25-26H,5-24H2,1-4H3,(H,29,30)/p+1. The molecule has 0 radical (unpaired) electrons. The fourth-order valence-electron chi connectivity index (χ4n) is 4.31. The molecule has 8 heteroatoms. The maximum absolute atomic E-state index is 13.3. The Morgan fingerprint density at radius 3 is 1.81 bits per heavy atom. The van der Waals surface area contributed by atoms with Gasteiger partial charge in [0.2, 0.25) is 0 Å². The maximum atomic E-state index is 13.3. The van der Waals surface area contributed by atoms with Crippen molar-refractivity contribution in [2.24, 2.45) is 0 Å². The van der Waals surface area contributed by atoms with E-state index in [0.717, 1.165) is 32.1 Å². The predicted octanol–water partition coefficient (Wildman–Crippen LogP) is 8.02. The van der Waals surface area contributed by atoms with Gasteiger partial charge in [0.05, 0.1) is 18.0 Å². The summed E-state index contributed by atoms with van der Waals surface area (Å²) in [7, 11) is -2.22. The normalized spacial score (nSPS) is 16.0. The average Bonchev–Trinajstić information content (AvgIpc) is 2.87. The highest BCUT2D eigenvalue weighted by Crippen LogP contribution is 2.28. The van der Waals surface area contributed by atoms with Crippen molar-refractivity contribution in [1.82, 2.24) is 0 Å². The second kappa shape index (κ2) is 23.7. The van der Waals surface area contributed by atoms with Gasteiger partial charge in [-0.15, -0.1) is 0 Å². The van der Waals surface area contributed by atoms with Crippen LogP contribution in [0.1, 0.15) is 137 Å². The second-order valence-electron chi connectivity index (χ2n) is 10.1. The number of ether oxygens (including phenoxy) is 2. The summed E-state index contributed by atoms with van der Waals surface area (Å²) in [6.45, 7) is 8.07. The third-order valence-electron chi connectivity index (χ3n) is 6.76. The van der Waals surface area contributed by atoms with Crippen LogP contribution in [0.15, 0.2) is 0 Å². The Bertz CT molecular complexity index is 576. The molecule has 1 N–H and O–H groups in total. The van der Waals surface area contributed by atoms with E-state index in [-0.39, 0.29) is 24.6 Å². The molecule has 0 aromatic carbocycles. The van der Waals surface area contributed by atoms with Crippen molar-refractivity contribution in [2.75, 3.05) is 19.0 Å². The Hall–Kier alpha value is -0.360. The fourth-order valence-corrected chi connectivity index (χ4v) is 6.43. The number of aliphatic carboxylic acids is 1. The number of hydrogen-bond acceptors (Lipinski definition) is 5. The number of hydrogen-bond donors (Lipinski definition) is 1. The summed E-state index contributed by atoms with van der Waals surface area (Å²) in [6, 6.07) is 0. The molecule has 0 aromatic heterocycles. The maximum Gasteiger partial charge on any atom is 0.390 e. The van der Waals surface area contributed by atoms with Crippen LogP contribution in [0.4, 0.5) is 0 Å². The quantitative estimate of drug-likeness (QED) is 0.0821. The van der Waals surface area contributed by atoms with Crippen LogP contribution in [0.25, 0.3) is 0 Å². The molecule has 0 rings (SSSR count). The van der Waals surface area contributed by atoms with Gasteiger partial charge in [0.1, 0.15) is 6.61 Å². The van der Waals surface area contributed by atoms with E-state index in [9.17, 15) is 18.7 Å². The van der Waals surface area contributed by atoms with Crippen molar-refractivity contribution in [2.45, 2.75) is 154 Å². The van der Waals surface area contributed by atoms with Gasteiger partial charge >= 0.3 is 19.8 Å². The van der Waals surface area contributed by atoms with Crippen LogP contribution in [0.2, 0.25) is 0 Å². The van der Waals surface area contributed by atoms with E-state index in [1.807, 2.05) is 13.8 Å². The third-order valence-corrected chi connectivity index (χ3v) is 9.58. The van der Waals surface area contributed by atoms with E-state index >= 15 is 0 Å². The summed E-state index contributed by atoms with van der Waals surface area (Å²) in [5.74, 6) is -0.622. The minimum absolute atomic E-state index is 0.155. The van der Waals surface area contributed by atoms with Gasteiger partial charge in [-0.25, -0.2) is 4.79 Å². The molecule has 0 aliphatic heterocycles. The van der Waals surface area contributed by atoms with Crippen LogP contribution in [-0.4, -0.2) is 50.9 Å². The molecule has 0 aromatic rings. The summed E-state index contributed by atoms with van der Waals surface area (Å²) in [5, 5.41) is 7.63. The first kappa shape index (κ1) is 35.6. The van der Waals surface area contributed by atoms with Crippen LogP contribution in [0, 0.1) is 0 Å². The van der Waals surface area contributed by atoms with E-state index in [0.29, 0.717) is 12.2 Å². The minimum atomic E-state index is -1.85. The lowest BCUT2D eigenvalue weighted by molar-refractivity contribution is -0.162. The summed E-state index contributed by atoms with van der Waals surface area (Å²) < 4.78 is 36.4. The van der Waals surface area contributed by atoms with Gasteiger partial charge in [-0.05, 0) is 26.2 Å². The number of unbranched alkanes of at least 4 members (excludes halogenated alkanes) is 13. The van der Waals surface area contributed by atoms with Gasteiger partial charge in [0, 0.05) is 16.6 Å². The van der Waals surface area contributed by atoms with E-state index in [2.05, 4.69) is 13.8 Å². The lowest BCUT2D eigenvalue weighted by atomic mass is 10.1. The molecular weight excluding hydrogens is 495 g/mol. The first-order chi connectivity index (χ1) is 17.4. The molecule has 0 heterocycles. The molecule has 0 saturated carbocycles. The molecule has 6 nitrogen and oxygen atoms in total. The molecule has 0 bridgehead atoms. The Balaban J connectivity index is 4.73. The zero-order valence-corrected chi connectivity index (χ0v) is 25.5. The van der Waals surface area contributed by atoms with Crippen LogP contribution >= 0.6 is 8.46 Å². The van der Waals surface area contributed by atoms with Gasteiger partial charge in [0.15, 0.2) is 0 Å². The minimum Gasteiger partial charge on any atom is -0.476 e. The number of rotatable bonds is 27. The van der Waals surface area contributed by atoms with E-state index < -0.39 is 30.6 Å². The first-order valence-electron chi connectivity index (χ1n) is 14.6. The highest BCUT2D eigenvalue weighted by molar-refractivity contribution is 7.85. The van der Waals surface area contributed by atoms with Crippen molar-refractivity contribution in [3.63, 3.8) is 0 Å². The highest BCUT2D eigenvalue weighted by Gasteiger charge is 2.50. The Kier molecular flexibility index (Phi) is 23.5. The molecule has 0 saturated heterocycles. The topological polar surface area (TPSA) is 89.9 Å². The molecule has 0 aliphatic carbocycles. The molecule has 0 fully saturated rings. The van der Waals surface area contributed by atoms with E-state index in [1.165, 1.54) is 70.6 Å². The number of carboxylic acid groups (broad SMARTS) is 1. The van der Waals surface area contributed by atoms with Gasteiger partial charge in [-0.3, -0.25) is 4.21 Å². The zero-order chi connectivity index (χ0) is 27.1. The first-order valence-corrected chi connectivity index (χ1v) is 16.9. The lowest BCUT2D eigenvalue weighted by Crippen LogP contribution is -2.44. The summed E-state index contributed by atoms with van der Waals surface area (Å²) in [6.07, 6.45) is 19.1. The third kappa shape index (κ3) is 16.5. The molecule has 36 heavy (non-hydrogen) atoms. The molecule has 214 valence electrons. The van der Waals surface area contributed by atoms with Crippen molar-refractivity contribution >= 4 is 25.2 Å². The van der Waals surface area contributed by atoms with Crippen molar-refractivity contribution < 1.29 is 28.1 Å². The SMILES string of the molecule is CCCCCCCCCCCCS(=O)C(CCCCCCC)C(C)OCC(OCCC)([PH+]=O)C(=O)O. The summed E-state index contributed by atoms with van der Waals surface area (Å²) in [5.41, 5.74) is 0. The molecule has 0 aliphatic rings. The van der Waals surface area contributed by atoms with Crippen LogP contribution in [-0.2, 0) is 29.6 Å². The summed E-state index contributed by atoms with van der Waals surface area (Å²) in [4.78, 5) is 11.8. The monoisotopic (exact) mass is 551 g/mol. The molecule has 5 unspecified atom stereocenters. The Morgan fingerprint density at radius 2 is 1.33 bits per heavy atom. The number of carbonyl (C=O) groups is 1. The predicted molar refractivity (Wildman–Crippen MR) is 153 cm³/mol. The van der Waals surface area contributed by atoms with E-state index in [1.54, 1.807) is 0 Å². The van der Waals surface area contributed by atoms with Crippen LogP contribution in [0.3, 0.4) is 0 Å². The van der Waals surface area contributed by atoms with Gasteiger partial charge in [0.25, 0.3) is 0 Å². The van der Waals surface area contributed by atoms with Gasteiger partial charge < -0.3 is 14.6 Å². The van der Waals surface area contributed by atoms with Gasteiger partial charge in [-0.2, -0.15) is 0 Å². The largest absolute Gasteiger partial charge is 0.476 e. The smallest absolute Gasteiger partial charge is 0.390 e. The second-order valence-corrected chi connectivity index (χ2v) is 12.9. The Morgan fingerprint density at radius 1 is 0.833 bits per heavy atom. The fraction of sp³-hybridized carbons (Fsp3) is 0.964. The Labute approximate surface area is 225 Å². The molecular formula is C28H56O6PS+. The van der Waals surface area contributed by atoms with E-state index in [4.69, 9.17) is 9.47 Å². The number of carboxylic acids is 1. The summed E-state index contributed by atoms with van der Waals surface area (Å²) >= 11 is 0. The van der Waals surface area contributed by atoms with Crippen molar-refractivity contribution in [3.05, 3.63) is 0 Å². The van der Waals surface area contributed by atoms with Gasteiger partial charge in [-0.1, -0.05) is 115 Å². The highest BCUT2D eigenvalue weighted by atomic mass is 32.2. The molecule has 5 atom stereocenters. The zero-order valence-electron chi connectivity index (χ0n) is 23.7. The molecule has 0 spiro atoms. The lowest BCUT2D eigenvalue weighted by Gasteiger charge is -2.26. The van der Waals surface area contributed by atoms with Crippen molar-refractivity contribution in [1.29, 1.82) is 0 Å². The van der Waals surface area contributed by atoms with Crippen LogP contribution in [0.5, 0.6) is 0 Å². The van der Waals surface area contributed by atoms with Crippen LogP contribution < -0.4 is 0 Å². The average molecular weight is 552 g/mol. The van der Waals surface area contributed by atoms with Crippen molar-refractivity contribution in [3.8, 4) is 0 Å².